The molecule has 2 fully saturated rings. The van der Waals surface area contributed by atoms with Gasteiger partial charge in [-0.25, -0.2) is 4.98 Å². The number of hydrogen-bond acceptors (Lipinski definition) is 5. The van der Waals surface area contributed by atoms with Crippen molar-refractivity contribution in [3.05, 3.63) is 12.2 Å². The molecule has 0 aromatic carbocycles. The van der Waals surface area contributed by atoms with E-state index in [1.807, 2.05) is 0 Å². The number of piperidine rings is 1. The highest BCUT2D eigenvalue weighted by molar-refractivity contribution is 4.98. The van der Waals surface area contributed by atoms with E-state index in [0.29, 0.717) is 19.3 Å². The van der Waals surface area contributed by atoms with Crippen LogP contribution in [0.25, 0.3) is 0 Å². The standard InChI is InChI=1S/C12H20N4O2/c17-6-12(7-18-8-12)5-16-4-2-1-3-10(16)11-13-9-14-15-11/h9-10,17H,1-8H2,(H,13,14,15). The number of aromatic nitrogens is 3. The fourth-order valence-electron chi connectivity index (χ4n) is 2.92. The lowest BCUT2D eigenvalue weighted by Gasteiger charge is -2.46. The third-order valence-corrected chi connectivity index (χ3v) is 4.05. The Balaban J connectivity index is 1.72. The van der Waals surface area contributed by atoms with Crippen LogP contribution in [0.4, 0.5) is 0 Å². The normalized spacial score (nSPS) is 27.9. The molecule has 0 saturated carbocycles. The summed E-state index contributed by atoms with van der Waals surface area (Å²) in [6, 6.07) is 0.310. The van der Waals surface area contributed by atoms with E-state index in [1.54, 1.807) is 6.33 Å². The number of aliphatic hydroxyl groups is 1. The van der Waals surface area contributed by atoms with E-state index < -0.39 is 0 Å². The predicted octanol–water partition coefficient (Wildman–Crippen LogP) is 0.341. The summed E-state index contributed by atoms with van der Waals surface area (Å²) in [5, 5.41) is 16.5. The molecule has 6 nitrogen and oxygen atoms in total. The van der Waals surface area contributed by atoms with Gasteiger partial charge in [0.25, 0.3) is 0 Å². The van der Waals surface area contributed by atoms with Crippen LogP contribution in [-0.4, -0.2) is 58.1 Å². The molecule has 2 aliphatic heterocycles. The molecular weight excluding hydrogens is 232 g/mol. The SMILES string of the molecule is OCC1(CN2CCCCC2c2ncn[nH]2)COC1. The number of rotatable bonds is 4. The summed E-state index contributed by atoms with van der Waals surface area (Å²) in [5.74, 6) is 0.947. The number of likely N-dealkylation sites (tertiary alicyclic amines) is 1. The first-order valence-electron chi connectivity index (χ1n) is 6.61. The van der Waals surface area contributed by atoms with Gasteiger partial charge in [0.1, 0.15) is 12.2 Å². The van der Waals surface area contributed by atoms with Gasteiger partial charge in [-0.2, -0.15) is 5.10 Å². The molecule has 3 rings (SSSR count). The molecular formula is C12H20N4O2. The lowest BCUT2D eigenvalue weighted by Crippen LogP contribution is -2.54. The van der Waals surface area contributed by atoms with Crippen molar-refractivity contribution in [1.82, 2.24) is 20.1 Å². The Hall–Kier alpha value is -0.980. The van der Waals surface area contributed by atoms with Crippen LogP contribution in [0.5, 0.6) is 0 Å². The summed E-state index contributed by atoms with van der Waals surface area (Å²) in [5.41, 5.74) is -0.0599. The summed E-state index contributed by atoms with van der Waals surface area (Å²) in [6.07, 6.45) is 5.12. The molecule has 0 spiro atoms. The Bertz CT molecular complexity index is 372. The van der Waals surface area contributed by atoms with Gasteiger partial charge in [0.2, 0.25) is 0 Å². The van der Waals surface area contributed by atoms with Gasteiger partial charge in [0.05, 0.1) is 31.3 Å². The van der Waals surface area contributed by atoms with Crippen molar-refractivity contribution >= 4 is 0 Å². The maximum absolute atomic E-state index is 9.54. The molecule has 1 aromatic heterocycles. The predicted molar refractivity (Wildman–Crippen MR) is 64.9 cm³/mol. The highest BCUT2D eigenvalue weighted by Gasteiger charge is 2.41. The number of aromatic amines is 1. The topological polar surface area (TPSA) is 74.3 Å². The Morgan fingerprint density at radius 1 is 1.50 bits per heavy atom. The van der Waals surface area contributed by atoms with Gasteiger partial charge < -0.3 is 9.84 Å². The van der Waals surface area contributed by atoms with E-state index in [0.717, 1.165) is 25.3 Å². The molecule has 1 aromatic rings. The summed E-state index contributed by atoms with van der Waals surface area (Å²) >= 11 is 0. The monoisotopic (exact) mass is 252 g/mol. The summed E-state index contributed by atoms with van der Waals surface area (Å²) in [7, 11) is 0. The first-order chi connectivity index (χ1) is 8.83. The molecule has 6 heteroatoms. The summed E-state index contributed by atoms with van der Waals surface area (Å²) in [6.45, 7) is 3.49. The minimum absolute atomic E-state index is 0.0599. The third-order valence-electron chi connectivity index (χ3n) is 4.05. The first kappa shape index (κ1) is 12.1. The average molecular weight is 252 g/mol. The highest BCUT2D eigenvalue weighted by atomic mass is 16.5. The van der Waals surface area contributed by atoms with Gasteiger partial charge >= 0.3 is 0 Å². The minimum atomic E-state index is -0.0599. The van der Waals surface area contributed by atoms with Crippen molar-refractivity contribution in [2.45, 2.75) is 25.3 Å². The molecule has 0 bridgehead atoms. The Morgan fingerprint density at radius 3 is 3.00 bits per heavy atom. The highest BCUT2D eigenvalue weighted by Crippen LogP contribution is 2.35. The van der Waals surface area contributed by atoms with E-state index in [1.165, 1.54) is 12.8 Å². The Morgan fingerprint density at radius 2 is 2.39 bits per heavy atom. The zero-order chi connectivity index (χ0) is 12.4. The smallest absolute Gasteiger partial charge is 0.141 e. The van der Waals surface area contributed by atoms with Crippen molar-refractivity contribution in [2.75, 3.05) is 32.9 Å². The van der Waals surface area contributed by atoms with Crippen molar-refractivity contribution in [2.24, 2.45) is 5.41 Å². The van der Waals surface area contributed by atoms with Crippen molar-refractivity contribution in [1.29, 1.82) is 0 Å². The second-order valence-corrected chi connectivity index (χ2v) is 5.50. The van der Waals surface area contributed by atoms with Gasteiger partial charge in [0, 0.05) is 6.54 Å². The van der Waals surface area contributed by atoms with Crippen LogP contribution >= 0.6 is 0 Å². The van der Waals surface area contributed by atoms with Crippen molar-refractivity contribution < 1.29 is 9.84 Å². The maximum Gasteiger partial charge on any atom is 0.141 e. The van der Waals surface area contributed by atoms with Gasteiger partial charge in [-0.3, -0.25) is 10.00 Å². The number of H-pyrrole nitrogens is 1. The van der Waals surface area contributed by atoms with Crippen LogP contribution in [-0.2, 0) is 4.74 Å². The maximum atomic E-state index is 9.54. The van der Waals surface area contributed by atoms with Crippen LogP contribution in [0.3, 0.4) is 0 Å². The number of nitrogens with zero attached hydrogens (tertiary/aromatic N) is 3. The van der Waals surface area contributed by atoms with Crippen LogP contribution in [0.1, 0.15) is 31.1 Å². The molecule has 2 N–H and O–H groups in total. The van der Waals surface area contributed by atoms with Crippen LogP contribution in [0, 0.1) is 5.41 Å². The van der Waals surface area contributed by atoms with E-state index in [9.17, 15) is 5.11 Å². The summed E-state index contributed by atoms with van der Waals surface area (Å²) in [4.78, 5) is 6.71. The first-order valence-corrected chi connectivity index (χ1v) is 6.61. The number of nitrogens with one attached hydrogen (secondary N) is 1. The van der Waals surface area contributed by atoms with Crippen LogP contribution < -0.4 is 0 Å². The number of ether oxygens (including phenoxy) is 1. The molecule has 2 aliphatic rings. The van der Waals surface area contributed by atoms with Crippen molar-refractivity contribution in [3.8, 4) is 0 Å². The molecule has 0 radical (unpaired) electrons. The van der Waals surface area contributed by atoms with Crippen molar-refractivity contribution in [3.63, 3.8) is 0 Å². The lowest BCUT2D eigenvalue weighted by molar-refractivity contribution is -0.154. The number of hydrogen-bond donors (Lipinski definition) is 2. The van der Waals surface area contributed by atoms with E-state index in [2.05, 4.69) is 20.1 Å². The molecule has 18 heavy (non-hydrogen) atoms. The van der Waals surface area contributed by atoms with E-state index in [-0.39, 0.29) is 12.0 Å². The second-order valence-electron chi connectivity index (χ2n) is 5.50. The molecule has 1 unspecified atom stereocenters. The van der Waals surface area contributed by atoms with Gasteiger partial charge in [-0.15, -0.1) is 0 Å². The fourth-order valence-corrected chi connectivity index (χ4v) is 2.92. The fraction of sp³-hybridized carbons (Fsp3) is 0.833. The Kier molecular flexibility index (Phi) is 3.32. The lowest BCUT2D eigenvalue weighted by atomic mass is 9.85. The molecule has 0 amide bonds. The van der Waals surface area contributed by atoms with Crippen LogP contribution in [0.15, 0.2) is 6.33 Å². The quantitative estimate of drug-likeness (QED) is 0.808. The largest absolute Gasteiger partial charge is 0.396 e. The van der Waals surface area contributed by atoms with Gasteiger partial charge in [0.15, 0.2) is 0 Å². The zero-order valence-corrected chi connectivity index (χ0v) is 10.5. The molecule has 1 atom stereocenters. The number of aliphatic hydroxyl groups excluding tert-OH is 1. The third kappa shape index (κ3) is 2.15. The van der Waals surface area contributed by atoms with E-state index >= 15 is 0 Å². The molecule has 0 aliphatic carbocycles. The minimum Gasteiger partial charge on any atom is -0.396 e. The second kappa shape index (κ2) is 4.95. The van der Waals surface area contributed by atoms with Gasteiger partial charge in [-0.05, 0) is 19.4 Å². The van der Waals surface area contributed by atoms with Gasteiger partial charge in [-0.1, -0.05) is 6.42 Å². The summed E-state index contributed by atoms with van der Waals surface area (Å²) < 4.78 is 5.27. The molecule has 2 saturated heterocycles. The van der Waals surface area contributed by atoms with Crippen LogP contribution in [0.2, 0.25) is 0 Å². The average Bonchev–Trinajstić information content (AvgIpc) is 2.88. The molecule has 3 heterocycles. The zero-order valence-electron chi connectivity index (χ0n) is 10.5. The molecule has 100 valence electrons. The Labute approximate surface area is 106 Å². The van der Waals surface area contributed by atoms with E-state index in [4.69, 9.17) is 4.74 Å².